The van der Waals surface area contributed by atoms with Crippen LogP contribution in [0.25, 0.3) is 0 Å². The first-order valence-corrected chi connectivity index (χ1v) is 7.77. The van der Waals surface area contributed by atoms with E-state index in [1.807, 2.05) is 0 Å². The molecule has 0 fully saturated rings. The zero-order valence-electron chi connectivity index (χ0n) is 13.9. The monoisotopic (exact) mass is 270 g/mol. The molecule has 0 heterocycles. The summed E-state index contributed by atoms with van der Waals surface area (Å²) in [5.41, 5.74) is 5.66. The van der Waals surface area contributed by atoms with Gasteiger partial charge < -0.3 is 0 Å². The number of aryl methyl sites for hydroxylation is 1. The van der Waals surface area contributed by atoms with Crippen LogP contribution in [0, 0.1) is 12.8 Å². The van der Waals surface area contributed by atoms with Crippen molar-refractivity contribution in [1.82, 2.24) is 0 Å². The lowest BCUT2D eigenvalue weighted by atomic mass is 9.86. The van der Waals surface area contributed by atoms with Crippen molar-refractivity contribution >= 4 is 0 Å². The first kappa shape index (κ1) is 16.8. The molecule has 1 atom stereocenters. The zero-order valence-corrected chi connectivity index (χ0v) is 13.9. The van der Waals surface area contributed by atoms with Crippen LogP contribution in [-0.4, -0.2) is 0 Å². The molecule has 0 bridgehead atoms. The maximum Gasteiger partial charge on any atom is -0.0171 e. The average molecular weight is 270 g/mol. The van der Waals surface area contributed by atoms with E-state index in [1.54, 1.807) is 5.57 Å². The number of benzene rings is 1. The summed E-state index contributed by atoms with van der Waals surface area (Å²) in [6, 6.07) is 8.71. The quantitative estimate of drug-likeness (QED) is 0.543. The van der Waals surface area contributed by atoms with Crippen LogP contribution in [0.5, 0.6) is 0 Å². The molecule has 0 heteroatoms. The predicted molar refractivity (Wildman–Crippen MR) is 91.2 cm³/mol. The van der Waals surface area contributed by atoms with Gasteiger partial charge in [-0.25, -0.2) is 0 Å². The Hall–Kier alpha value is -1.30. The molecule has 110 valence electrons. The van der Waals surface area contributed by atoms with Gasteiger partial charge in [0, 0.05) is 0 Å². The van der Waals surface area contributed by atoms with Gasteiger partial charge in [-0.2, -0.15) is 0 Å². The molecule has 0 amide bonds. The fourth-order valence-electron chi connectivity index (χ4n) is 2.36. The Kier molecular flexibility index (Phi) is 6.78. The smallest absolute Gasteiger partial charge is 0.0171 e. The first-order chi connectivity index (χ1) is 9.40. The minimum absolute atomic E-state index is 0.653. The third-order valence-electron chi connectivity index (χ3n) is 4.08. The largest absolute Gasteiger partial charge is 0.0998 e. The van der Waals surface area contributed by atoms with Crippen LogP contribution in [0.2, 0.25) is 0 Å². The Morgan fingerprint density at radius 3 is 2.15 bits per heavy atom. The van der Waals surface area contributed by atoms with Gasteiger partial charge in [0.1, 0.15) is 0 Å². The molecule has 1 aliphatic carbocycles. The summed E-state index contributed by atoms with van der Waals surface area (Å²) in [6.07, 6.45) is 6.17. The number of hydrogen-bond donors (Lipinski definition) is 0. The highest BCUT2D eigenvalue weighted by molar-refractivity contribution is 5.23. The van der Waals surface area contributed by atoms with Crippen molar-refractivity contribution < 1.29 is 0 Å². The van der Waals surface area contributed by atoms with E-state index < -0.39 is 0 Å². The molecule has 0 N–H and O–H groups in total. The molecule has 0 nitrogen and oxygen atoms in total. The predicted octanol–water partition coefficient (Wildman–Crippen LogP) is 6.43. The van der Waals surface area contributed by atoms with E-state index in [-0.39, 0.29) is 0 Å². The Morgan fingerprint density at radius 1 is 1.15 bits per heavy atom. The fraction of sp³-hybridized carbons (Fsp3) is 0.500. The van der Waals surface area contributed by atoms with E-state index in [4.69, 9.17) is 0 Å². The molecule has 0 saturated carbocycles. The van der Waals surface area contributed by atoms with Crippen LogP contribution in [0.1, 0.15) is 64.0 Å². The van der Waals surface area contributed by atoms with Gasteiger partial charge in [0.15, 0.2) is 0 Å². The van der Waals surface area contributed by atoms with Crippen molar-refractivity contribution in [2.24, 2.45) is 5.92 Å². The summed E-state index contributed by atoms with van der Waals surface area (Å²) >= 11 is 0. The number of rotatable bonds is 2. The van der Waals surface area contributed by atoms with E-state index in [0.717, 1.165) is 5.92 Å². The molecule has 1 aromatic carbocycles. The highest BCUT2D eigenvalue weighted by Crippen LogP contribution is 2.27. The van der Waals surface area contributed by atoms with Crippen LogP contribution in [0.4, 0.5) is 0 Å². The lowest BCUT2D eigenvalue weighted by Crippen LogP contribution is -2.04. The van der Waals surface area contributed by atoms with Crippen LogP contribution in [-0.2, 0) is 0 Å². The standard InChI is InChI=1S/C10H16.C10H14/c2*1-8(2)10-6-4-9(3)5-7-10/h4,10H,1,5-7H2,2-3H3;4-8H,1-3H3. The molecular formula is C20H30. The van der Waals surface area contributed by atoms with E-state index in [1.165, 1.54) is 36.0 Å². The van der Waals surface area contributed by atoms with Crippen molar-refractivity contribution in [2.75, 3.05) is 0 Å². The third kappa shape index (κ3) is 5.77. The molecular weight excluding hydrogens is 240 g/mol. The zero-order chi connectivity index (χ0) is 15.1. The van der Waals surface area contributed by atoms with Gasteiger partial charge in [0.05, 0.1) is 0 Å². The summed E-state index contributed by atoms with van der Waals surface area (Å²) in [7, 11) is 0. The second kappa shape index (κ2) is 8.09. The maximum atomic E-state index is 3.97. The van der Waals surface area contributed by atoms with Gasteiger partial charge in [-0.1, -0.05) is 67.5 Å². The van der Waals surface area contributed by atoms with Crippen LogP contribution in [0.3, 0.4) is 0 Å². The van der Waals surface area contributed by atoms with E-state index in [0.29, 0.717) is 5.92 Å². The van der Waals surface area contributed by atoms with Gasteiger partial charge in [0.25, 0.3) is 0 Å². The average Bonchev–Trinajstić information content (AvgIpc) is 2.40. The Bertz CT molecular complexity index is 445. The first-order valence-electron chi connectivity index (χ1n) is 7.77. The van der Waals surface area contributed by atoms with E-state index in [2.05, 4.69) is 71.5 Å². The summed E-state index contributed by atoms with van der Waals surface area (Å²) in [4.78, 5) is 0. The van der Waals surface area contributed by atoms with Crippen molar-refractivity contribution in [3.8, 4) is 0 Å². The van der Waals surface area contributed by atoms with Gasteiger partial charge in [0.2, 0.25) is 0 Å². The molecule has 1 aromatic rings. The van der Waals surface area contributed by atoms with E-state index >= 15 is 0 Å². The Balaban J connectivity index is 0.000000200. The molecule has 0 aromatic heterocycles. The minimum Gasteiger partial charge on any atom is -0.0998 e. The highest BCUT2D eigenvalue weighted by Gasteiger charge is 2.11. The second-order valence-electron chi connectivity index (χ2n) is 6.43. The van der Waals surface area contributed by atoms with Gasteiger partial charge in [-0.15, -0.1) is 0 Å². The normalized spacial score (nSPS) is 18.1. The van der Waals surface area contributed by atoms with Gasteiger partial charge in [-0.05, 0) is 57.4 Å². The summed E-state index contributed by atoms with van der Waals surface area (Å²) in [5.74, 6) is 1.42. The van der Waals surface area contributed by atoms with Crippen LogP contribution in [0.15, 0.2) is 48.1 Å². The topological polar surface area (TPSA) is 0 Å². The lowest BCUT2D eigenvalue weighted by Gasteiger charge is -2.19. The van der Waals surface area contributed by atoms with Crippen molar-refractivity contribution in [3.63, 3.8) is 0 Å². The SMILES string of the molecule is C=C(C)C1CC=C(C)CC1.Cc1ccc(C(C)C)cc1. The Morgan fingerprint density at radius 2 is 1.75 bits per heavy atom. The van der Waals surface area contributed by atoms with Crippen LogP contribution >= 0.6 is 0 Å². The van der Waals surface area contributed by atoms with Crippen LogP contribution < -0.4 is 0 Å². The molecule has 2 rings (SSSR count). The van der Waals surface area contributed by atoms with Crippen molar-refractivity contribution in [3.05, 3.63) is 59.2 Å². The van der Waals surface area contributed by atoms with Gasteiger partial charge >= 0.3 is 0 Å². The van der Waals surface area contributed by atoms with Gasteiger partial charge in [-0.3, -0.25) is 0 Å². The molecule has 20 heavy (non-hydrogen) atoms. The minimum atomic E-state index is 0.653. The molecule has 0 radical (unpaired) electrons. The Labute approximate surface area is 125 Å². The van der Waals surface area contributed by atoms with Crippen molar-refractivity contribution in [1.29, 1.82) is 0 Å². The molecule has 1 unspecified atom stereocenters. The summed E-state index contributed by atoms with van der Waals surface area (Å²) in [6.45, 7) is 14.9. The fourth-order valence-corrected chi connectivity index (χ4v) is 2.36. The van der Waals surface area contributed by atoms with E-state index in [9.17, 15) is 0 Å². The molecule has 0 saturated heterocycles. The maximum absolute atomic E-state index is 3.97. The number of allylic oxidation sites excluding steroid dienone is 3. The molecule has 0 spiro atoms. The summed E-state index contributed by atoms with van der Waals surface area (Å²) in [5, 5.41) is 0. The third-order valence-corrected chi connectivity index (χ3v) is 4.08. The molecule has 1 aliphatic rings. The molecule has 0 aliphatic heterocycles. The highest BCUT2D eigenvalue weighted by atomic mass is 14.2. The number of hydrogen-bond acceptors (Lipinski definition) is 0. The van der Waals surface area contributed by atoms with Crippen molar-refractivity contribution in [2.45, 2.75) is 59.8 Å². The summed E-state index contributed by atoms with van der Waals surface area (Å²) < 4.78 is 0. The lowest BCUT2D eigenvalue weighted by molar-refractivity contribution is 0.540. The second-order valence-corrected chi connectivity index (χ2v) is 6.43.